The van der Waals surface area contributed by atoms with E-state index in [0.717, 1.165) is 26.0 Å². The lowest BCUT2D eigenvalue weighted by atomic mass is 10.2. The van der Waals surface area contributed by atoms with Gasteiger partial charge >= 0.3 is 0 Å². The first-order valence-corrected chi connectivity index (χ1v) is 7.40. The van der Waals surface area contributed by atoms with E-state index in [2.05, 4.69) is 27.0 Å². The number of thiophene rings is 1. The van der Waals surface area contributed by atoms with Crippen molar-refractivity contribution in [1.82, 2.24) is 4.98 Å². The highest BCUT2D eigenvalue weighted by Crippen LogP contribution is 2.29. The van der Waals surface area contributed by atoms with Crippen molar-refractivity contribution in [3.8, 4) is 5.75 Å². The zero-order valence-corrected chi connectivity index (χ0v) is 12.4. The Hall–Kier alpha value is -1.59. The van der Waals surface area contributed by atoms with Gasteiger partial charge in [0.05, 0.1) is 0 Å². The normalized spacial score (nSPS) is 10.8. The summed E-state index contributed by atoms with van der Waals surface area (Å²) in [5.41, 5.74) is 7.46. The number of nitrogens with zero attached hydrogens (tertiary/aromatic N) is 1. The second-order valence-electron chi connectivity index (χ2n) is 4.07. The van der Waals surface area contributed by atoms with Crippen molar-refractivity contribution in [3.63, 3.8) is 0 Å². The number of anilines is 1. The van der Waals surface area contributed by atoms with E-state index in [1.807, 2.05) is 29.6 Å². The number of fused-ring (bicyclic) bond motifs is 1. The standard InChI is InChI=1S/C14H11BrN2OS/c15-9-6-10(19-8-9)7-18-13-4-3-12(16)11-2-1-5-17-14(11)13/h1-6,8H,7,16H2. The molecule has 3 nitrogen and oxygen atoms in total. The smallest absolute Gasteiger partial charge is 0.146 e. The van der Waals surface area contributed by atoms with Crippen molar-refractivity contribution >= 4 is 43.9 Å². The van der Waals surface area contributed by atoms with Crippen LogP contribution in [0, 0.1) is 0 Å². The summed E-state index contributed by atoms with van der Waals surface area (Å²) in [5, 5.41) is 2.96. The van der Waals surface area contributed by atoms with E-state index in [1.165, 1.54) is 0 Å². The molecule has 0 fully saturated rings. The second kappa shape index (κ2) is 5.19. The molecular weight excluding hydrogens is 324 g/mol. The average Bonchev–Trinajstić information content (AvgIpc) is 2.84. The molecule has 0 spiro atoms. The summed E-state index contributed by atoms with van der Waals surface area (Å²) < 4.78 is 6.93. The maximum Gasteiger partial charge on any atom is 0.146 e. The maximum atomic E-state index is 5.94. The Morgan fingerprint density at radius 1 is 1.32 bits per heavy atom. The molecule has 2 aromatic heterocycles. The lowest BCUT2D eigenvalue weighted by Crippen LogP contribution is -1.96. The van der Waals surface area contributed by atoms with Crippen LogP contribution in [0.3, 0.4) is 0 Å². The Balaban J connectivity index is 1.91. The molecule has 0 amide bonds. The molecule has 5 heteroatoms. The van der Waals surface area contributed by atoms with Gasteiger partial charge in [-0.15, -0.1) is 11.3 Å². The van der Waals surface area contributed by atoms with Gasteiger partial charge in [0.25, 0.3) is 0 Å². The molecule has 0 saturated carbocycles. The lowest BCUT2D eigenvalue weighted by Gasteiger charge is -2.09. The maximum absolute atomic E-state index is 5.94. The number of nitrogens with two attached hydrogens (primary N) is 1. The van der Waals surface area contributed by atoms with E-state index in [1.54, 1.807) is 17.5 Å². The van der Waals surface area contributed by atoms with Gasteiger partial charge in [0.15, 0.2) is 0 Å². The third kappa shape index (κ3) is 2.57. The molecule has 0 saturated heterocycles. The summed E-state index contributed by atoms with van der Waals surface area (Å²) in [7, 11) is 0. The third-order valence-corrected chi connectivity index (χ3v) is 4.43. The van der Waals surface area contributed by atoms with Crippen LogP contribution < -0.4 is 10.5 Å². The van der Waals surface area contributed by atoms with Crippen LogP contribution in [0.4, 0.5) is 5.69 Å². The van der Waals surface area contributed by atoms with Gasteiger partial charge in [-0.2, -0.15) is 0 Å². The summed E-state index contributed by atoms with van der Waals surface area (Å²) in [5.74, 6) is 0.759. The number of hydrogen-bond acceptors (Lipinski definition) is 4. The molecule has 0 bridgehead atoms. The van der Waals surface area contributed by atoms with Crippen molar-refractivity contribution < 1.29 is 4.74 Å². The predicted octanol–water partition coefficient (Wildman–Crippen LogP) is 4.22. The first-order chi connectivity index (χ1) is 9.24. The van der Waals surface area contributed by atoms with Gasteiger partial charge in [-0.25, -0.2) is 0 Å². The molecule has 2 heterocycles. The molecule has 3 rings (SSSR count). The molecule has 1 aromatic carbocycles. The van der Waals surface area contributed by atoms with Gasteiger partial charge in [0.2, 0.25) is 0 Å². The van der Waals surface area contributed by atoms with Gasteiger partial charge in [0, 0.05) is 32.0 Å². The zero-order chi connectivity index (χ0) is 13.2. The fraction of sp³-hybridized carbons (Fsp3) is 0.0714. The van der Waals surface area contributed by atoms with E-state index in [4.69, 9.17) is 10.5 Å². The number of nitrogen functional groups attached to an aromatic ring is 1. The topological polar surface area (TPSA) is 48.1 Å². The van der Waals surface area contributed by atoms with Crippen LogP contribution in [0.1, 0.15) is 4.88 Å². The summed E-state index contributed by atoms with van der Waals surface area (Å²) in [6, 6.07) is 9.60. The van der Waals surface area contributed by atoms with Crippen LogP contribution >= 0.6 is 27.3 Å². The summed E-state index contributed by atoms with van der Waals surface area (Å²) in [4.78, 5) is 5.51. The monoisotopic (exact) mass is 334 g/mol. The van der Waals surface area contributed by atoms with Crippen LogP contribution in [0.15, 0.2) is 46.4 Å². The Bertz CT molecular complexity index is 726. The fourth-order valence-corrected chi connectivity index (χ4v) is 3.23. The van der Waals surface area contributed by atoms with Crippen molar-refractivity contribution in [1.29, 1.82) is 0 Å². The minimum Gasteiger partial charge on any atom is -0.486 e. The molecule has 0 aliphatic carbocycles. The molecule has 0 atom stereocenters. The number of ether oxygens (including phenoxy) is 1. The molecule has 0 radical (unpaired) electrons. The van der Waals surface area contributed by atoms with Gasteiger partial charge in [-0.3, -0.25) is 4.98 Å². The van der Waals surface area contributed by atoms with Crippen LogP contribution in [0.25, 0.3) is 10.9 Å². The molecule has 0 aliphatic heterocycles. The Morgan fingerprint density at radius 3 is 3.00 bits per heavy atom. The Morgan fingerprint density at radius 2 is 2.21 bits per heavy atom. The zero-order valence-electron chi connectivity index (χ0n) is 9.97. The van der Waals surface area contributed by atoms with Gasteiger partial charge in [0.1, 0.15) is 17.9 Å². The molecule has 0 aliphatic rings. The fourth-order valence-electron chi connectivity index (χ4n) is 1.86. The summed E-state index contributed by atoms with van der Waals surface area (Å²) in [6.45, 7) is 0.534. The average molecular weight is 335 g/mol. The van der Waals surface area contributed by atoms with E-state index in [0.29, 0.717) is 12.3 Å². The molecule has 0 unspecified atom stereocenters. The van der Waals surface area contributed by atoms with E-state index < -0.39 is 0 Å². The molecule has 96 valence electrons. The highest BCUT2D eigenvalue weighted by molar-refractivity contribution is 9.10. The van der Waals surface area contributed by atoms with Crippen molar-refractivity contribution in [2.45, 2.75) is 6.61 Å². The van der Waals surface area contributed by atoms with E-state index in [9.17, 15) is 0 Å². The molecule has 2 N–H and O–H groups in total. The van der Waals surface area contributed by atoms with E-state index in [-0.39, 0.29) is 0 Å². The largest absolute Gasteiger partial charge is 0.486 e. The quantitative estimate of drug-likeness (QED) is 0.729. The first kappa shape index (κ1) is 12.4. The van der Waals surface area contributed by atoms with Crippen molar-refractivity contribution in [2.75, 3.05) is 5.73 Å². The van der Waals surface area contributed by atoms with Gasteiger partial charge in [-0.05, 0) is 46.3 Å². The predicted molar refractivity (Wildman–Crippen MR) is 82.5 cm³/mol. The number of pyridine rings is 1. The minimum atomic E-state index is 0.534. The third-order valence-electron chi connectivity index (χ3n) is 2.76. The molecule has 3 aromatic rings. The van der Waals surface area contributed by atoms with E-state index >= 15 is 0 Å². The van der Waals surface area contributed by atoms with Crippen molar-refractivity contribution in [3.05, 3.63) is 51.3 Å². The first-order valence-electron chi connectivity index (χ1n) is 5.73. The van der Waals surface area contributed by atoms with Crippen LogP contribution in [0.5, 0.6) is 5.75 Å². The summed E-state index contributed by atoms with van der Waals surface area (Å²) in [6.07, 6.45) is 1.75. The Kier molecular flexibility index (Phi) is 3.40. The summed E-state index contributed by atoms with van der Waals surface area (Å²) >= 11 is 5.09. The van der Waals surface area contributed by atoms with Crippen LogP contribution in [-0.2, 0) is 6.61 Å². The number of aromatic nitrogens is 1. The molecule has 19 heavy (non-hydrogen) atoms. The van der Waals surface area contributed by atoms with Gasteiger partial charge < -0.3 is 10.5 Å². The number of hydrogen-bond donors (Lipinski definition) is 1. The van der Waals surface area contributed by atoms with Crippen LogP contribution in [-0.4, -0.2) is 4.98 Å². The van der Waals surface area contributed by atoms with Crippen LogP contribution in [0.2, 0.25) is 0 Å². The lowest BCUT2D eigenvalue weighted by molar-refractivity contribution is 0.313. The number of halogens is 1. The number of benzene rings is 1. The van der Waals surface area contributed by atoms with Gasteiger partial charge in [-0.1, -0.05) is 0 Å². The SMILES string of the molecule is Nc1ccc(OCc2cc(Br)cs2)c2ncccc12. The highest BCUT2D eigenvalue weighted by atomic mass is 79.9. The van der Waals surface area contributed by atoms with Crippen molar-refractivity contribution in [2.24, 2.45) is 0 Å². The second-order valence-corrected chi connectivity index (χ2v) is 5.98. The minimum absolute atomic E-state index is 0.534. The Labute approximate surface area is 123 Å². The number of rotatable bonds is 3. The highest BCUT2D eigenvalue weighted by Gasteiger charge is 2.07. The molecular formula is C14H11BrN2OS.